The Bertz CT molecular complexity index is 706. The molecule has 2 unspecified atom stereocenters. The van der Waals surface area contributed by atoms with Gasteiger partial charge in [-0.15, -0.1) is 24.0 Å². The van der Waals surface area contributed by atoms with Crippen molar-refractivity contribution < 1.29 is 0 Å². The predicted molar refractivity (Wildman–Crippen MR) is 119 cm³/mol. The van der Waals surface area contributed by atoms with Gasteiger partial charge in [-0.3, -0.25) is 4.99 Å². The average molecular weight is 485 g/mol. The Morgan fingerprint density at radius 2 is 2.04 bits per heavy atom. The minimum atomic E-state index is 0. The Labute approximate surface area is 178 Å². The first-order valence-corrected chi connectivity index (χ1v) is 9.16. The summed E-state index contributed by atoms with van der Waals surface area (Å²) in [6.45, 7) is 5.06. The fourth-order valence-electron chi connectivity index (χ4n) is 3.56. The molecule has 4 nitrogen and oxygen atoms in total. The lowest BCUT2D eigenvalue weighted by Gasteiger charge is -2.39. The third kappa shape index (κ3) is 5.33. The van der Waals surface area contributed by atoms with Gasteiger partial charge in [0.1, 0.15) is 5.15 Å². The van der Waals surface area contributed by atoms with E-state index in [9.17, 15) is 0 Å². The summed E-state index contributed by atoms with van der Waals surface area (Å²) in [6.07, 6.45) is 2.95. The fourth-order valence-corrected chi connectivity index (χ4v) is 3.67. The number of hydrogen-bond acceptors (Lipinski definition) is 2. The topological polar surface area (TPSA) is 40.5 Å². The molecule has 1 saturated heterocycles. The predicted octanol–water partition coefficient (Wildman–Crippen LogP) is 4.55. The summed E-state index contributed by atoms with van der Waals surface area (Å²) >= 11 is 5.84. The van der Waals surface area contributed by atoms with Crippen molar-refractivity contribution in [1.29, 1.82) is 0 Å². The minimum Gasteiger partial charge on any atom is -0.352 e. The summed E-state index contributed by atoms with van der Waals surface area (Å²) in [5.41, 5.74) is 2.54. The molecular formula is C20H26ClIN4. The van der Waals surface area contributed by atoms with Crippen LogP contribution in [0.4, 0.5) is 0 Å². The smallest absolute Gasteiger partial charge is 0.193 e. The van der Waals surface area contributed by atoms with E-state index in [-0.39, 0.29) is 24.0 Å². The first kappa shape index (κ1) is 21.0. The molecule has 1 aliphatic rings. The number of guanidine groups is 1. The summed E-state index contributed by atoms with van der Waals surface area (Å²) in [4.78, 5) is 10.9. The van der Waals surface area contributed by atoms with Crippen LogP contribution in [0.3, 0.4) is 0 Å². The molecule has 0 bridgehead atoms. The molecule has 1 aliphatic heterocycles. The van der Waals surface area contributed by atoms with Gasteiger partial charge in [0.05, 0.1) is 0 Å². The Morgan fingerprint density at radius 3 is 2.65 bits per heavy atom. The molecule has 0 amide bonds. The third-order valence-electron chi connectivity index (χ3n) is 4.88. The molecule has 0 radical (unpaired) electrons. The van der Waals surface area contributed by atoms with Crippen molar-refractivity contribution in [3.05, 3.63) is 64.9 Å². The van der Waals surface area contributed by atoms with Gasteiger partial charge >= 0.3 is 0 Å². The van der Waals surface area contributed by atoms with Crippen LogP contribution < -0.4 is 5.32 Å². The lowest BCUT2D eigenvalue weighted by atomic mass is 9.82. The molecule has 0 saturated carbocycles. The molecule has 140 valence electrons. The molecule has 2 heterocycles. The van der Waals surface area contributed by atoms with Gasteiger partial charge in [-0.2, -0.15) is 0 Å². The van der Waals surface area contributed by atoms with Gasteiger partial charge in [0.2, 0.25) is 0 Å². The van der Waals surface area contributed by atoms with Crippen molar-refractivity contribution in [3.8, 4) is 0 Å². The maximum Gasteiger partial charge on any atom is 0.193 e. The van der Waals surface area contributed by atoms with Crippen molar-refractivity contribution in [2.24, 2.45) is 10.9 Å². The number of nitrogens with zero attached hydrogens (tertiary/aromatic N) is 3. The second-order valence-electron chi connectivity index (χ2n) is 6.62. The fraction of sp³-hybridized carbons (Fsp3) is 0.400. The monoisotopic (exact) mass is 484 g/mol. The number of benzene rings is 1. The molecule has 26 heavy (non-hydrogen) atoms. The highest BCUT2D eigenvalue weighted by Crippen LogP contribution is 2.32. The number of hydrogen-bond donors (Lipinski definition) is 1. The number of aromatic nitrogens is 1. The highest BCUT2D eigenvalue weighted by Gasteiger charge is 2.28. The molecular weight excluding hydrogens is 459 g/mol. The van der Waals surface area contributed by atoms with Gasteiger partial charge in [-0.25, -0.2) is 4.98 Å². The van der Waals surface area contributed by atoms with E-state index in [0.29, 0.717) is 23.5 Å². The molecule has 1 aromatic carbocycles. The summed E-state index contributed by atoms with van der Waals surface area (Å²) < 4.78 is 0. The molecule has 0 spiro atoms. The molecule has 6 heteroatoms. The molecule has 0 aliphatic carbocycles. The van der Waals surface area contributed by atoms with E-state index in [1.807, 2.05) is 19.2 Å². The van der Waals surface area contributed by atoms with Crippen LogP contribution in [0, 0.1) is 5.92 Å². The van der Waals surface area contributed by atoms with Gasteiger partial charge in [0, 0.05) is 32.9 Å². The van der Waals surface area contributed by atoms with Crippen LogP contribution >= 0.6 is 35.6 Å². The maximum atomic E-state index is 5.84. The van der Waals surface area contributed by atoms with Crippen LogP contribution in [0.25, 0.3) is 0 Å². The minimum absolute atomic E-state index is 0. The average Bonchev–Trinajstić information content (AvgIpc) is 2.64. The van der Waals surface area contributed by atoms with Crippen LogP contribution in [0.5, 0.6) is 0 Å². The summed E-state index contributed by atoms with van der Waals surface area (Å²) in [5, 5.41) is 3.96. The molecule has 3 rings (SSSR count). The highest BCUT2D eigenvalue weighted by molar-refractivity contribution is 14.0. The van der Waals surface area contributed by atoms with E-state index >= 15 is 0 Å². The number of likely N-dealkylation sites (tertiary alicyclic amines) is 1. The third-order valence-corrected chi connectivity index (χ3v) is 5.11. The van der Waals surface area contributed by atoms with Crippen molar-refractivity contribution in [1.82, 2.24) is 15.2 Å². The second kappa shape index (κ2) is 10.1. The number of piperidine rings is 1. The van der Waals surface area contributed by atoms with Crippen LogP contribution in [-0.4, -0.2) is 36.0 Å². The lowest BCUT2D eigenvalue weighted by molar-refractivity contribution is 0.234. The SMILES string of the molecule is CN=C(NCc1ccc(Cl)nc1)N1CCC(c2ccccc2)C(C)C1.I. The van der Waals surface area contributed by atoms with Crippen molar-refractivity contribution >= 4 is 41.5 Å². The highest BCUT2D eigenvalue weighted by atomic mass is 127. The maximum absolute atomic E-state index is 5.84. The van der Waals surface area contributed by atoms with Crippen LogP contribution in [0.2, 0.25) is 5.15 Å². The van der Waals surface area contributed by atoms with Gasteiger partial charge in [-0.1, -0.05) is 54.9 Å². The van der Waals surface area contributed by atoms with E-state index in [2.05, 4.69) is 57.4 Å². The molecule has 1 N–H and O–H groups in total. The Kier molecular flexibility index (Phi) is 8.15. The number of pyridine rings is 1. The van der Waals surface area contributed by atoms with E-state index in [1.54, 1.807) is 6.20 Å². The largest absolute Gasteiger partial charge is 0.352 e. The standard InChI is InChI=1S/C20H25ClN4.HI/c1-15-14-25(11-10-18(15)17-6-4-3-5-7-17)20(22-2)24-13-16-8-9-19(21)23-12-16;/h3-9,12,15,18H,10-11,13-14H2,1-2H3,(H,22,24);1H. The van der Waals surface area contributed by atoms with E-state index < -0.39 is 0 Å². The van der Waals surface area contributed by atoms with Crippen molar-refractivity contribution in [2.75, 3.05) is 20.1 Å². The molecule has 2 atom stereocenters. The zero-order valence-corrected chi connectivity index (χ0v) is 18.3. The normalized spacial score (nSPS) is 20.4. The van der Waals surface area contributed by atoms with E-state index in [4.69, 9.17) is 11.6 Å². The van der Waals surface area contributed by atoms with Crippen molar-refractivity contribution in [3.63, 3.8) is 0 Å². The van der Waals surface area contributed by atoms with Crippen LogP contribution in [-0.2, 0) is 6.54 Å². The zero-order valence-electron chi connectivity index (χ0n) is 15.2. The Balaban J connectivity index is 0.00000243. The van der Waals surface area contributed by atoms with Gasteiger partial charge in [0.25, 0.3) is 0 Å². The van der Waals surface area contributed by atoms with Crippen LogP contribution in [0.1, 0.15) is 30.4 Å². The second-order valence-corrected chi connectivity index (χ2v) is 7.01. The molecule has 1 fully saturated rings. The zero-order chi connectivity index (χ0) is 17.6. The van der Waals surface area contributed by atoms with Gasteiger partial charge < -0.3 is 10.2 Å². The number of aliphatic imine (C=N–C) groups is 1. The van der Waals surface area contributed by atoms with Crippen LogP contribution in [0.15, 0.2) is 53.7 Å². The molecule has 1 aromatic heterocycles. The number of nitrogens with one attached hydrogen (secondary N) is 1. The van der Waals surface area contributed by atoms with E-state index in [1.165, 1.54) is 5.56 Å². The summed E-state index contributed by atoms with van der Waals surface area (Å²) in [5.74, 6) is 2.16. The Hall–Kier alpha value is -1.34. The van der Waals surface area contributed by atoms with Crippen molar-refractivity contribution in [2.45, 2.75) is 25.8 Å². The Morgan fingerprint density at radius 1 is 1.27 bits per heavy atom. The summed E-state index contributed by atoms with van der Waals surface area (Å²) in [7, 11) is 1.84. The van der Waals surface area contributed by atoms with Gasteiger partial charge in [-0.05, 0) is 35.4 Å². The first-order chi connectivity index (χ1) is 12.2. The quantitative estimate of drug-likeness (QED) is 0.301. The summed E-state index contributed by atoms with van der Waals surface area (Å²) in [6, 6.07) is 14.6. The van der Waals surface area contributed by atoms with Gasteiger partial charge in [0.15, 0.2) is 5.96 Å². The number of rotatable bonds is 3. The number of halogens is 2. The molecule has 2 aromatic rings. The first-order valence-electron chi connectivity index (χ1n) is 8.78. The van der Waals surface area contributed by atoms with E-state index in [0.717, 1.165) is 31.0 Å². The lowest BCUT2D eigenvalue weighted by Crippen LogP contribution is -2.47.